The number of halogens is 3. The molecule has 9 heteroatoms. The van der Waals surface area contributed by atoms with E-state index < -0.39 is 0 Å². The molecule has 0 aromatic rings. The summed E-state index contributed by atoms with van der Waals surface area (Å²) in [7, 11) is 10.7. The maximum Gasteiger partial charge on any atom is 0.0847 e. The monoisotopic (exact) mass is 366 g/mol. The molecule has 3 nitrogen and oxygen atoms in total. The summed E-state index contributed by atoms with van der Waals surface area (Å²) in [6, 6.07) is 0. The van der Waals surface area contributed by atoms with Crippen molar-refractivity contribution in [1.82, 2.24) is 0 Å². The second-order valence-corrected chi connectivity index (χ2v) is 2.69. The highest BCUT2D eigenvalue weighted by molar-refractivity contribution is 7.04. The first-order chi connectivity index (χ1) is 7.24. The minimum absolute atomic E-state index is 0. The van der Waals surface area contributed by atoms with E-state index in [9.17, 15) is 0 Å². The highest BCUT2D eigenvalue weighted by atomic mass is 35.5. The van der Waals surface area contributed by atoms with Gasteiger partial charge < -0.3 is 0 Å². The molecule has 0 saturated carbocycles. The van der Waals surface area contributed by atoms with Gasteiger partial charge >= 0.3 is 0 Å². The molecule has 0 spiro atoms. The fourth-order valence-electron chi connectivity index (χ4n) is 0.173. The molecule has 0 aromatic heterocycles. The molecule has 0 atom stereocenters. The van der Waals surface area contributed by atoms with Crippen LogP contribution in [0.5, 0.6) is 0 Å². The van der Waals surface area contributed by atoms with E-state index in [0.29, 0.717) is 19.6 Å². The lowest BCUT2D eigenvalue weighted by molar-refractivity contribution is 1.29. The van der Waals surface area contributed by atoms with Crippen molar-refractivity contribution in [1.29, 1.82) is 0 Å². The van der Waals surface area contributed by atoms with E-state index in [-0.39, 0.29) is 37.2 Å². The summed E-state index contributed by atoms with van der Waals surface area (Å²) in [5, 5.41) is 0. The van der Waals surface area contributed by atoms with E-state index in [1.54, 1.807) is 18.2 Å². The van der Waals surface area contributed by atoms with Gasteiger partial charge in [-0.25, -0.2) is 0 Å². The number of rotatable bonds is 6. The van der Waals surface area contributed by atoms with Crippen molar-refractivity contribution in [3.63, 3.8) is 0 Å². The number of nitrogens with zero attached hydrogens (tertiary/aromatic N) is 3. The van der Waals surface area contributed by atoms with Gasteiger partial charge in [0.05, 0.1) is 46.7 Å². The normalized spacial score (nSPS) is 5.33. The van der Waals surface area contributed by atoms with Crippen LogP contribution >= 0.6 is 64.3 Å². The van der Waals surface area contributed by atoms with E-state index in [2.05, 4.69) is 61.1 Å². The Hall–Kier alpha value is 0.390. The highest BCUT2D eigenvalue weighted by Gasteiger charge is 1.54. The zero-order chi connectivity index (χ0) is 12.4. The lowest BCUT2D eigenvalue weighted by atomic mass is 10.7. The van der Waals surface area contributed by atoms with Crippen molar-refractivity contribution in [2.75, 3.05) is 19.6 Å². The molecule has 18 heavy (non-hydrogen) atoms. The zero-order valence-electron chi connectivity index (χ0n) is 9.88. The maximum atomic E-state index is 3.55. The number of hydrogen-bond donors (Lipinski definition) is 0. The highest BCUT2D eigenvalue weighted by Crippen LogP contribution is 1.71. The second-order valence-electron chi connectivity index (χ2n) is 1.84. The van der Waals surface area contributed by atoms with E-state index in [1.165, 1.54) is 0 Å². The molecule has 0 bridgehead atoms. The Morgan fingerprint density at radius 2 is 0.778 bits per heavy atom. The predicted molar refractivity (Wildman–Crippen MR) is 95.0 cm³/mol. The first-order valence-corrected chi connectivity index (χ1v) is 5.20. The summed E-state index contributed by atoms with van der Waals surface area (Å²) in [6.07, 6.45) is 5.06. The van der Waals surface area contributed by atoms with E-state index in [4.69, 9.17) is 0 Å². The van der Waals surface area contributed by atoms with Crippen LogP contribution < -0.4 is 0 Å². The zero-order valence-corrected chi connectivity index (χ0v) is 15.0. The fraction of sp³-hybridized carbons (Fsp3) is 0.333. The van der Waals surface area contributed by atoms with Gasteiger partial charge in [-0.2, -0.15) is 0 Å². The fourth-order valence-corrected chi connectivity index (χ4v) is 0.520. The quantitative estimate of drug-likeness (QED) is 0.376. The first kappa shape index (κ1) is 36.2. The van der Waals surface area contributed by atoms with Crippen molar-refractivity contribution >= 4 is 64.3 Å². The third-order valence-corrected chi connectivity index (χ3v) is 1.12. The van der Waals surface area contributed by atoms with E-state index >= 15 is 0 Å². The lowest BCUT2D eigenvalue weighted by Crippen LogP contribution is -1.56. The molecule has 0 N–H and O–H groups in total. The Morgan fingerprint density at radius 3 is 0.778 bits per heavy atom. The van der Waals surface area contributed by atoms with Gasteiger partial charge in [-0.3, -0.25) is 14.2 Å². The van der Waals surface area contributed by atoms with Crippen LogP contribution in [0.15, 0.2) is 52.2 Å². The average molecular weight is 368 g/mol. The van der Waals surface area contributed by atoms with Crippen molar-refractivity contribution in [2.24, 2.45) is 14.2 Å². The molecule has 0 rings (SSSR count). The third-order valence-electron chi connectivity index (χ3n) is 0.632. The molecule has 0 fully saturated rings. The molecule has 0 heterocycles. The van der Waals surface area contributed by atoms with Crippen molar-refractivity contribution < 1.29 is 0 Å². The summed E-state index contributed by atoms with van der Waals surface area (Å²) >= 11 is 0. The molecule has 0 amide bonds. The molecule has 0 aliphatic rings. The molecule has 0 aliphatic carbocycles. The molecular weight excluding hydrogens is 349 g/mol. The Kier molecular flexibility index (Phi) is 107. The van der Waals surface area contributed by atoms with Gasteiger partial charge in [-0.05, 0) is 0 Å². The van der Waals surface area contributed by atoms with Crippen molar-refractivity contribution in [2.45, 2.75) is 0 Å². The minimum Gasteiger partial charge on any atom is -0.254 e. The van der Waals surface area contributed by atoms with Gasteiger partial charge in [0.15, 0.2) is 0 Å². The smallest absolute Gasteiger partial charge is 0.0847 e. The lowest BCUT2D eigenvalue weighted by Gasteiger charge is -1.64. The average Bonchev–Trinajstić information content (AvgIpc) is 2.23. The van der Waals surface area contributed by atoms with Gasteiger partial charge in [0.2, 0.25) is 0 Å². The van der Waals surface area contributed by atoms with Crippen LogP contribution in [0.4, 0.5) is 0 Å². The molecule has 3 radical (unpaired) electrons. The topological polar surface area (TPSA) is 37.1 Å². The molecule has 0 aliphatic heterocycles. The summed E-state index contributed by atoms with van der Waals surface area (Å²) in [5.41, 5.74) is 0. The van der Waals surface area contributed by atoms with Gasteiger partial charge in [0.25, 0.3) is 0 Å². The Balaban J connectivity index is -0.0000000277. The van der Waals surface area contributed by atoms with Crippen LogP contribution in [-0.4, -0.2) is 19.6 Å². The van der Waals surface area contributed by atoms with Crippen molar-refractivity contribution in [3.05, 3.63) is 38.0 Å². The van der Waals surface area contributed by atoms with Crippen LogP contribution in [0.2, 0.25) is 0 Å². The van der Waals surface area contributed by atoms with Gasteiger partial charge in [0.1, 0.15) is 0 Å². The molecular formula is C9H18Cl3N3P3. The molecule has 0 aromatic carbocycles. The maximum absolute atomic E-state index is 3.55. The van der Waals surface area contributed by atoms with Crippen LogP contribution in [0.3, 0.4) is 0 Å². The first-order valence-electron chi connectivity index (χ1n) is 4.00. The molecule has 0 unspecified atom stereocenters. The Morgan fingerprint density at radius 1 is 0.611 bits per heavy atom. The molecule has 105 valence electrons. The standard InChI is InChI=1S/3C3H5NP.3ClH/c3*1-2-3-4-5;;;/h3*2H,1,3H2;3*1H. The SMILES string of the molecule is C=CCN=[P].C=CCN=[P].C=CCN=[P].Cl.Cl.Cl. The summed E-state index contributed by atoms with van der Waals surface area (Å²) < 4.78 is 10.3. The number of hydrogen-bond acceptors (Lipinski definition) is 3. The van der Waals surface area contributed by atoms with Crippen LogP contribution in [0, 0.1) is 0 Å². The summed E-state index contributed by atoms with van der Waals surface area (Å²) in [5.74, 6) is 0. The minimum atomic E-state index is 0. The summed E-state index contributed by atoms with van der Waals surface area (Å²) in [6.45, 7) is 12.1. The van der Waals surface area contributed by atoms with Gasteiger partial charge in [-0.15, -0.1) is 57.0 Å². The van der Waals surface area contributed by atoms with Crippen LogP contribution in [0.25, 0.3) is 0 Å². The van der Waals surface area contributed by atoms with Gasteiger partial charge in [-0.1, -0.05) is 18.2 Å². The Labute approximate surface area is 136 Å². The van der Waals surface area contributed by atoms with E-state index in [0.717, 1.165) is 0 Å². The second kappa shape index (κ2) is 53.0. The molecule has 0 saturated heterocycles. The Bertz CT molecular complexity index is 153. The predicted octanol–water partition coefficient (Wildman–Crippen LogP) is 6.56. The largest absolute Gasteiger partial charge is 0.254 e. The third kappa shape index (κ3) is 95.1. The van der Waals surface area contributed by atoms with Crippen LogP contribution in [-0.2, 0) is 0 Å². The van der Waals surface area contributed by atoms with Crippen molar-refractivity contribution in [3.8, 4) is 0 Å². The summed E-state index contributed by atoms with van der Waals surface area (Å²) in [4.78, 5) is 0. The van der Waals surface area contributed by atoms with Crippen LogP contribution in [0.1, 0.15) is 0 Å². The van der Waals surface area contributed by atoms with Gasteiger partial charge in [0, 0.05) is 0 Å². The van der Waals surface area contributed by atoms with E-state index in [1.807, 2.05) is 0 Å².